The van der Waals surface area contributed by atoms with Gasteiger partial charge in [-0.2, -0.15) is 0 Å². The van der Waals surface area contributed by atoms with Crippen molar-refractivity contribution in [2.24, 2.45) is 0 Å². The average molecular weight is 349 g/mol. The third kappa shape index (κ3) is 4.55. The van der Waals surface area contributed by atoms with E-state index in [4.69, 9.17) is 4.52 Å². The number of hydrogen-bond donors (Lipinski definition) is 1. The van der Waals surface area contributed by atoms with Crippen LogP contribution in [0.25, 0.3) is 0 Å². The third-order valence-electron chi connectivity index (χ3n) is 4.24. The quantitative estimate of drug-likeness (QED) is 0.639. The molecule has 0 unspecified atom stereocenters. The van der Waals surface area contributed by atoms with E-state index in [9.17, 15) is 0 Å². The summed E-state index contributed by atoms with van der Waals surface area (Å²) in [7, 11) is 1.09. The minimum atomic E-state index is -0.892. The topological polar surface area (TPSA) is 21.3 Å². The van der Waals surface area contributed by atoms with E-state index in [1.54, 1.807) is 0 Å². The second-order valence-corrected chi connectivity index (χ2v) is 7.81. The molecule has 3 aromatic carbocycles. The zero-order valence-corrected chi connectivity index (χ0v) is 15.6. The fourth-order valence-corrected chi connectivity index (χ4v) is 4.70. The monoisotopic (exact) mass is 349 g/mol. The first-order valence-corrected chi connectivity index (χ1v) is 9.85. The van der Waals surface area contributed by atoms with Crippen LogP contribution in [0.5, 0.6) is 0 Å². The third-order valence-corrected chi connectivity index (χ3v) is 6.21. The van der Waals surface area contributed by atoms with Crippen molar-refractivity contribution in [2.45, 2.75) is 19.1 Å². The van der Waals surface area contributed by atoms with Gasteiger partial charge in [-0.15, -0.1) is 0 Å². The summed E-state index contributed by atoms with van der Waals surface area (Å²) in [6, 6.07) is 31.7. The summed E-state index contributed by atoms with van der Waals surface area (Å²) in [5.74, 6) is 0. The zero-order valence-electron chi connectivity index (χ0n) is 14.7. The predicted molar refractivity (Wildman–Crippen MR) is 108 cm³/mol. The van der Waals surface area contributed by atoms with Gasteiger partial charge in [0.15, 0.2) is 0 Å². The van der Waals surface area contributed by atoms with Crippen LogP contribution in [-0.4, -0.2) is 13.1 Å². The van der Waals surface area contributed by atoms with Gasteiger partial charge >= 0.3 is 0 Å². The molecule has 0 bridgehead atoms. The maximum absolute atomic E-state index is 6.76. The lowest BCUT2D eigenvalue weighted by atomic mass is 10.0. The Morgan fingerprint density at radius 3 is 1.60 bits per heavy atom. The van der Waals surface area contributed by atoms with Crippen LogP contribution in [0.15, 0.2) is 91.0 Å². The Hall–Kier alpha value is -1.99. The van der Waals surface area contributed by atoms with Crippen molar-refractivity contribution >= 4 is 18.8 Å². The highest BCUT2D eigenvalue weighted by Gasteiger charge is 2.25. The molecule has 0 fully saturated rings. The Morgan fingerprint density at radius 1 is 0.720 bits per heavy atom. The van der Waals surface area contributed by atoms with Crippen LogP contribution >= 0.6 is 8.15 Å². The maximum Gasteiger partial charge on any atom is 0.103 e. The molecule has 2 atom stereocenters. The van der Waals surface area contributed by atoms with E-state index in [1.807, 2.05) is 25.2 Å². The molecule has 0 heterocycles. The number of nitrogens with one attached hydrogen (secondary N) is 1. The first-order chi connectivity index (χ1) is 12.3. The Bertz CT molecular complexity index is 709. The molecule has 25 heavy (non-hydrogen) atoms. The molecule has 3 heteroatoms. The molecule has 0 aliphatic carbocycles. The van der Waals surface area contributed by atoms with Gasteiger partial charge < -0.3 is 9.84 Å². The van der Waals surface area contributed by atoms with Crippen molar-refractivity contribution in [3.8, 4) is 0 Å². The summed E-state index contributed by atoms with van der Waals surface area (Å²) in [5.41, 5.74) is 1.20. The second-order valence-electron chi connectivity index (χ2n) is 5.98. The summed E-state index contributed by atoms with van der Waals surface area (Å²) in [6.07, 6.45) is -0.0160. The molecule has 2 nitrogen and oxygen atoms in total. The summed E-state index contributed by atoms with van der Waals surface area (Å²) in [6.45, 7) is 2.17. The highest BCUT2D eigenvalue weighted by atomic mass is 31.1. The smallest absolute Gasteiger partial charge is 0.103 e. The molecule has 0 saturated heterocycles. The zero-order chi connectivity index (χ0) is 17.5. The first kappa shape index (κ1) is 17.8. The molecule has 0 radical (unpaired) electrons. The van der Waals surface area contributed by atoms with Crippen LogP contribution in [-0.2, 0) is 4.52 Å². The van der Waals surface area contributed by atoms with Gasteiger partial charge in [0, 0.05) is 16.7 Å². The lowest BCUT2D eigenvalue weighted by molar-refractivity contribution is 0.191. The average Bonchev–Trinajstić information content (AvgIpc) is 2.70. The standard InChI is InChI=1S/C22H24NOP/c1-18(23-2)22(19-12-6-3-7-13-19)24-25(20-14-8-4-9-15-20)21-16-10-5-11-17-21/h3-18,22-23H,1-2H3/t18-,22+/m1/s1. The lowest BCUT2D eigenvalue weighted by Crippen LogP contribution is -2.31. The van der Waals surface area contributed by atoms with E-state index >= 15 is 0 Å². The van der Waals surface area contributed by atoms with E-state index in [2.05, 4.69) is 85.0 Å². The fraction of sp³-hybridized carbons (Fsp3) is 0.182. The van der Waals surface area contributed by atoms with Gasteiger partial charge in [0.05, 0.1) is 8.15 Å². The number of likely N-dealkylation sites (N-methyl/N-ethyl adjacent to an activating group) is 1. The van der Waals surface area contributed by atoms with Gasteiger partial charge in [-0.3, -0.25) is 0 Å². The Kier molecular flexibility index (Phi) is 6.36. The van der Waals surface area contributed by atoms with Crippen molar-refractivity contribution in [3.05, 3.63) is 96.6 Å². The number of benzene rings is 3. The van der Waals surface area contributed by atoms with Crippen molar-refractivity contribution in [2.75, 3.05) is 7.05 Å². The summed E-state index contributed by atoms with van der Waals surface area (Å²) < 4.78 is 6.76. The SMILES string of the molecule is CN[C@H](C)[C@H](OP(c1ccccc1)c1ccccc1)c1ccccc1. The highest BCUT2D eigenvalue weighted by Crippen LogP contribution is 2.42. The van der Waals surface area contributed by atoms with Gasteiger partial charge in [-0.05, 0) is 19.5 Å². The summed E-state index contributed by atoms with van der Waals surface area (Å²) in [5, 5.41) is 5.82. The molecule has 3 aromatic rings. The first-order valence-electron chi connectivity index (χ1n) is 8.59. The molecular formula is C22H24NOP. The predicted octanol–water partition coefficient (Wildman–Crippen LogP) is 4.40. The molecule has 3 rings (SSSR count). The fourth-order valence-electron chi connectivity index (χ4n) is 2.75. The Balaban J connectivity index is 1.97. The van der Waals surface area contributed by atoms with Gasteiger partial charge in [0.1, 0.15) is 6.10 Å². The van der Waals surface area contributed by atoms with Gasteiger partial charge in [0.2, 0.25) is 0 Å². The maximum atomic E-state index is 6.76. The molecule has 0 spiro atoms. The Morgan fingerprint density at radius 2 is 1.16 bits per heavy atom. The molecule has 0 amide bonds. The van der Waals surface area contributed by atoms with Gasteiger partial charge in [0.25, 0.3) is 0 Å². The molecule has 0 saturated carbocycles. The van der Waals surface area contributed by atoms with Crippen molar-refractivity contribution in [1.82, 2.24) is 5.32 Å². The normalized spacial score (nSPS) is 13.6. The Labute approximate surface area is 151 Å². The molecular weight excluding hydrogens is 325 g/mol. The molecule has 1 N–H and O–H groups in total. The van der Waals surface area contributed by atoms with E-state index < -0.39 is 8.15 Å². The van der Waals surface area contributed by atoms with Crippen LogP contribution in [0, 0.1) is 0 Å². The number of hydrogen-bond acceptors (Lipinski definition) is 2. The molecule has 0 aromatic heterocycles. The minimum absolute atomic E-state index is 0.0160. The highest BCUT2D eigenvalue weighted by molar-refractivity contribution is 7.68. The lowest BCUT2D eigenvalue weighted by Gasteiger charge is -2.29. The largest absolute Gasteiger partial charge is 0.340 e. The van der Waals surface area contributed by atoms with Crippen LogP contribution in [0.1, 0.15) is 18.6 Å². The van der Waals surface area contributed by atoms with Crippen molar-refractivity contribution in [3.63, 3.8) is 0 Å². The van der Waals surface area contributed by atoms with E-state index in [-0.39, 0.29) is 12.1 Å². The van der Waals surface area contributed by atoms with Gasteiger partial charge in [-0.25, -0.2) is 0 Å². The van der Waals surface area contributed by atoms with Crippen molar-refractivity contribution < 1.29 is 4.52 Å². The van der Waals surface area contributed by atoms with E-state index in [0.29, 0.717) is 0 Å². The summed E-state index contributed by atoms with van der Waals surface area (Å²) >= 11 is 0. The van der Waals surface area contributed by atoms with Gasteiger partial charge in [-0.1, -0.05) is 91.0 Å². The van der Waals surface area contributed by atoms with Crippen LogP contribution in [0.4, 0.5) is 0 Å². The molecule has 0 aliphatic heterocycles. The number of rotatable bonds is 7. The minimum Gasteiger partial charge on any atom is -0.340 e. The van der Waals surface area contributed by atoms with Crippen LogP contribution in [0.2, 0.25) is 0 Å². The second kappa shape index (κ2) is 8.92. The summed E-state index contributed by atoms with van der Waals surface area (Å²) in [4.78, 5) is 0. The van der Waals surface area contributed by atoms with Crippen molar-refractivity contribution in [1.29, 1.82) is 0 Å². The van der Waals surface area contributed by atoms with E-state index in [1.165, 1.54) is 16.2 Å². The van der Waals surface area contributed by atoms with E-state index in [0.717, 1.165) is 0 Å². The molecule has 128 valence electrons. The van der Waals surface area contributed by atoms with Crippen LogP contribution in [0.3, 0.4) is 0 Å². The van der Waals surface area contributed by atoms with Crippen LogP contribution < -0.4 is 15.9 Å². The molecule has 0 aliphatic rings.